The second-order valence-electron chi connectivity index (χ2n) is 16.0. The highest BCUT2D eigenvalue weighted by atomic mass is 15.1. The molecule has 9 aromatic carbocycles. The van der Waals surface area contributed by atoms with Gasteiger partial charge in [0, 0.05) is 72.4 Å². The third kappa shape index (κ3) is 5.18. The monoisotopic (exact) mass is 791 g/mol. The molecule has 290 valence electrons. The zero-order valence-corrected chi connectivity index (χ0v) is 33.6. The molecule has 0 atom stereocenters. The number of nitrogens with zero attached hydrogens (tertiary/aromatic N) is 5. The van der Waals surface area contributed by atoms with Gasteiger partial charge in [0.25, 0.3) is 0 Å². The summed E-state index contributed by atoms with van der Waals surface area (Å²) in [5.41, 5.74) is 14.3. The molecule has 5 nitrogen and oxygen atoms in total. The molecule has 4 aromatic heterocycles. The van der Waals surface area contributed by atoms with Gasteiger partial charge in [0.1, 0.15) is 5.82 Å². The Balaban J connectivity index is 1.02. The van der Waals surface area contributed by atoms with E-state index in [0.29, 0.717) is 0 Å². The fraction of sp³-hybridized carbons (Fsp3) is 0. The summed E-state index contributed by atoms with van der Waals surface area (Å²) in [4.78, 5) is 5.55. The van der Waals surface area contributed by atoms with Crippen molar-refractivity contribution in [3.8, 4) is 45.4 Å². The normalized spacial score (nSPS) is 11.9. The van der Waals surface area contributed by atoms with Crippen molar-refractivity contribution in [3.05, 3.63) is 225 Å². The van der Waals surface area contributed by atoms with Crippen LogP contribution in [-0.2, 0) is 0 Å². The highest BCUT2D eigenvalue weighted by Gasteiger charge is 2.19. The topological polar surface area (TPSA) is 32.6 Å². The Bertz CT molecular complexity index is 3560. The third-order valence-corrected chi connectivity index (χ3v) is 12.6. The summed E-state index contributed by atoms with van der Waals surface area (Å²) in [6.07, 6.45) is 2.21. The van der Waals surface area contributed by atoms with E-state index in [0.717, 1.165) is 45.4 Å². The highest BCUT2D eigenvalue weighted by molar-refractivity contribution is 6.11. The largest absolute Gasteiger partial charge is 0.309 e. The van der Waals surface area contributed by atoms with E-state index < -0.39 is 0 Å². The Hall–Kier alpha value is -8.41. The standard InChI is InChI=1S/C57H37N5/c1-7-28-51-44(22-1)45-23-2-8-29-52(45)60(51)41-19-13-16-38(34-41)50-37-59(40-18-15-21-43(36-40)62-55-32-11-5-26-48(55)49-27-6-12-33-56(49)62)57(58-50)39-17-14-20-42(35-39)61-53-30-9-3-24-46(53)47-25-4-10-31-54(47)61/h1-37H. The molecule has 0 radical (unpaired) electrons. The van der Waals surface area contributed by atoms with Crippen molar-refractivity contribution in [3.63, 3.8) is 0 Å². The van der Waals surface area contributed by atoms with Crippen LogP contribution in [0, 0.1) is 0 Å². The Morgan fingerprint density at radius 1 is 0.274 bits per heavy atom. The average molecular weight is 792 g/mol. The first-order valence-corrected chi connectivity index (χ1v) is 21.1. The van der Waals surface area contributed by atoms with Crippen molar-refractivity contribution in [2.24, 2.45) is 0 Å². The predicted molar refractivity (Wildman–Crippen MR) is 257 cm³/mol. The van der Waals surface area contributed by atoms with Crippen molar-refractivity contribution < 1.29 is 0 Å². The molecular formula is C57H37N5. The molecule has 0 bridgehead atoms. The van der Waals surface area contributed by atoms with Gasteiger partial charge < -0.3 is 13.7 Å². The minimum absolute atomic E-state index is 0.865. The van der Waals surface area contributed by atoms with Crippen molar-refractivity contribution in [2.75, 3.05) is 0 Å². The first-order valence-electron chi connectivity index (χ1n) is 21.1. The lowest BCUT2D eigenvalue weighted by atomic mass is 10.1. The minimum atomic E-state index is 0.865. The van der Waals surface area contributed by atoms with Crippen molar-refractivity contribution in [1.29, 1.82) is 0 Å². The highest BCUT2D eigenvalue weighted by Crippen LogP contribution is 2.38. The maximum Gasteiger partial charge on any atom is 0.145 e. The minimum Gasteiger partial charge on any atom is -0.309 e. The molecule has 0 saturated heterocycles. The van der Waals surface area contributed by atoms with Crippen LogP contribution in [0.1, 0.15) is 0 Å². The van der Waals surface area contributed by atoms with Crippen LogP contribution in [-0.4, -0.2) is 23.3 Å². The smallest absolute Gasteiger partial charge is 0.145 e. The first-order chi connectivity index (χ1) is 30.8. The summed E-state index contributed by atoms with van der Waals surface area (Å²) >= 11 is 0. The fourth-order valence-electron chi connectivity index (χ4n) is 9.89. The van der Waals surface area contributed by atoms with Crippen LogP contribution >= 0.6 is 0 Å². The molecule has 0 aliphatic rings. The Morgan fingerprint density at radius 3 is 1.02 bits per heavy atom. The molecule has 0 fully saturated rings. The van der Waals surface area contributed by atoms with E-state index in [1.807, 2.05) is 0 Å². The molecule has 0 aliphatic carbocycles. The van der Waals surface area contributed by atoms with Crippen LogP contribution in [0.2, 0.25) is 0 Å². The van der Waals surface area contributed by atoms with E-state index >= 15 is 0 Å². The van der Waals surface area contributed by atoms with Gasteiger partial charge in [-0.1, -0.05) is 140 Å². The van der Waals surface area contributed by atoms with Crippen LogP contribution < -0.4 is 0 Å². The number of aromatic nitrogens is 5. The van der Waals surface area contributed by atoms with Crippen molar-refractivity contribution in [2.45, 2.75) is 0 Å². The van der Waals surface area contributed by atoms with E-state index in [1.165, 1.54) is 65.4 Å². The number of fused-ring (bicyclic) bond motifs is 9. The lowest BCUT2D eigenvalue weighted by molar-refractivity contribution is 1.05. The van der Waals surface area contributed by atoms with Gasteiger partial charge >= 0.3 is 0 Å². The Morgan fingerprint density at radius 2 is 0.597 bits per heavy atom. The summed E-state index contributed by atoms with van der Waals surface area (Å²) in [5.74, 6) is 0.865. The molecule has 0 saturated carbocycles. The molecule has 0 aliphatic heterocycles. The SMILES string of the molecule is c1cc(-c2cn(-c3cccc(-n4c5ccccc5c5ccccc54)c3)c(-c3cccc(-n4c5ccccc5c5ccccc54)c3)n2)cc(-n2c3ccccc3c3ccccc32)c1. The molecule has 4 heterocycles. The number of imidazole rings is 1. The second kappa shape index (κ2) is 13.6. The van der Waals surface area contributed by atoms with E-state index in [4.69, 9.17) is 4.98 Å². The number of hydrogen-bond acceptors (Lipinski definition) is 1. The van der Waals surface area contributed by atoms with Gasteiger partial charge in [0.15, 0.2) is 0 Å². The van der Waals surface area contributed by atoms with E-state index in [9.17, 15) is 0 Å². The second-order valence-corrected chi connectivity index (χ2v) is 16.0. The first kappa shape index (κ1) is 34.5. The molecule has 13 rings (SSSR count). The maximum absolute atomic E-state index is 5.55. The zero-order chi connectivity index (χ0) is 40.7. The summed E-state index contributed by atoms with van der Waals surface area (Å²) in [6.45, 7) is 0. The van der Waals surface area contributed by atoms with E-state index in [2.05, 4.69) is 243 Å². The van der Waals surface area contributed by atoms with Gasteiger partial charge in [-0.3, -0.25) is 4.57 Å². The molecule has 0 spiro atoms. The lowest BCUT2D eigenvalue weighted by Crippen LogP contribution is -2.00. The number of para-hydroxylation sites is 6. The van der Waals surface area contributed by atoms with Gasteiger partial charge in [-0.2, -0.15) is 0 Å². The quantitative estimate of drug-likeness (QED) is 0.165. The molecule has 0 amide bonds. The van der Waals surface area contributed by atoms with Gasteiger partial charge in [-0.15, -0.1) is 0 Å². The molecule has 0 N–H and O–H groups in total. The number of benzene rings is 9. The summed E-state index contributed by atoms with van der Waals surface area (Å²) in [7, 11) is 0. The third-order valence-electron chi connectivity index (χ3n) is 12.6. The molecule has 62 heavy (non-hydrogen) atoms. The van der Waals surface area contributed by atoms with Crippen LogP contribution in [0.3, 0.4) is 0 Å². The van der Waals surface area contributed by atoms with E-state index in [-0.39, 0.29) is 0 Å². The van der Waals surface area contributed by atoms with Crippen LogP contribution in [0.4, 0.5) is 0 Å². The molecule has 0 unspecified atom stereocenters. The van der Waals surface area contributed by atoms with E-state index in [1.54, 1.807) is 0 Å². The van der Waals surface area contributed by atoms with Crippen LogP contribution in [0.25, 0.3) is 111 Å². The summed E-state index contributed by atoms with van der Waals surface area (Å²) < 4.78 is 9.39. The van der Waals surface area contributed by atoms with Crippen molar-refractivity contribution in [1.82, 2.24) is 23.3 Å². The van der Waals surface area contributed by atoms with Gasteiger partial charge in [0.05, 0.1) is 38.8 Å². The number of hydrogen-bond donors (Lipinski definition) is 0. The lowest BCUT2D eigenvalue weighted by Gasteiger charge is -2.14. The molecule has 13 aromatic rings. The molecular weight excluding hydrogens is 755 g/mol. The average Bonchev–Trinajstić information content (AvgIpc) is 4.11. The predicted octanol–water partition coefficient (Wildman–Crippen LogP) is 14.5. The summed E-state index contributed by atoms with van der Waals surface area (Å²) in [6, 6.07) is 78.5. The molecule has 5 heteroatoms. The van der Waals surface area contributed by atoms with Crippen LogP contribution in [0.15, 0.2) is 225 Å². The Kier molecular flexibility index (Phi) is 7.54. The Labute approximate surface area is 357 Å². The van der Waals surface area contributed by atoms with Crippen molar-refractivity contribution >= 4 is 65.4 Å². The summed E-state index contributed by atoms with van der Waals surface area (Å²) in [5, 5.41) is 7.44. The number of rotatable bonds is 6. The fourth-order valence-corrected chi connectivity index (χ4v) is 9.89. The van der Waals surface area contributed by atoms with Gasteiger partial charge in [-0.25, -0.2) is 4.98 Å². The maximum atomic E-state index is 5.55. The van der Waals surface area contributed by atoms with Gasteiger partial charge in [0.2, 0.25) is 0 Å². The van der Waals surface area contributed by atoms with Gasteiger partial charge in [-0.05, 0) is 78.9 Å². The zero-order valence-electron chi connectivity index (χ0n) is 33.6. The van der Waals surface area contributed by atoms with Crippen LogP contribution in [0.5, 0.6) is 0 Å².